The Bertz CT molecular complexity index is 314. The Morgan fingerprint density at radius 3 is 2.15 bits per heavy atom. The van der Waals surface area contributed by atoms with Crippen molar-refractivity contribution in [3.8, 4) is 0 Å². The molecule has 116 valence electrons. The minimum Gasteiger partial charge on any atom is -0.368 e. The highest BCUT2D eigenvalue weighted by atomic mass is 16.1. The van der Waals surface area contributed by atoms with Crippen LogP contribution in [-0.4, -0.2) is 41.5 Å². The number of nitrogens with two attached hydrogens (primary N) is 1. The van der Waals surface area contributed by atoms with Crippen molar-refractivity contribution >= 4 is 5.91 Å². The van der Waals surface area contributed by atoms with Crippen LogP contribution in [-0.2, 0) is 4.79 Å². The van der Waals surface area contributed by atoms with Gasteiger partial charge >= 0.3 is 0 Å². The molecule has 20 heavy (non-hydrogen) atoms. The zero-order valence-electron chi connectivity index (χ0n) is 13.2. The molecule has 4 heteroatoms. The van der Waals surface area contributed by atoms with Crippen LogP contribution in [0.5, 0.6) is 0 Å². The van der Waals surface area contributed by atoms with Crippen LogP contribution in [0.4, 0.5) is 0 Å². The first-order valence-electron chi connectivity index (χ1n) is 8.35. The van der Waals surface area contributed by atoms with Crippen molar-refractivity contribution in [1.29, 1.82) is 0 Å². The minimum absolute atomic E-state index is 0.148. The topological polar surface area (TPSA) is 58.4 Å². The van der Waals surface area contributed by atoms with Crippen LogP contribution >= 0.6 is 0 Å². The SMILES string of the molecule is CC(C)N1CCC(NC2CCCCCC2)(C(N)=O)CC1. The first kappa shape index (κ1) is 15.8. The molecule has 4 nitrogen and oxygen atoms in total. The maximum atomic E-state index is 12.1. The fourth-order valence-electron chi connectivity index (χ4n) is 3.70. The number of carbonyl (C=O) groups is 1. The van der Waals surface area contributed by atoms with Gasteiger partial charge in [0.1, 0.15) is 5.54 Å². The zero-order valence-corrected chi connectivity index (χ0v) is 13.2. The lowest BCUT2D eigenvalue weighted by Gasteiger charge is -2.43. The fourth-order valence-corrected chi connectivity index (χ4v) is 3.70. The van der Waals surface area contributed by atoms with Gasteiger partial charge in [-0.05, 0) is 39.5 Å². The monoisotopic (exact) mass is 281 g/mol. The van der Waals surface area contributed by atoms with Crippen molar-refractivity contribution in [3.63, 3.8) is 0 Å². The van der Waals surface area contributed by atoms with E-state index in [1.54, 1.807) is 0 Å². The van der Waals surface area contributed by atoms with Gasteiger partial charge in [-0.1, -0.05) is 25.7 Å². The molecule has 0 spiro atoms. The van der Waals surface area contributed by atoms with Gasteiger partial charge in [-0.25, -0.2) is 0 Å². The molecule has 1 amide bonds. The van der Waals surface area contributed by atoms with Gasteiger partial charge in [-0.2, -0.15) is 0 Å². The molecule has 1 saturated carbocycles. The second-order valence-corrected chi connectivity index (χ2v) is 6.91. The molecule has 1 heterocycles. The van der Waals surface area contributed by atoms with E-state index in [9.17, 15) is 4.79 Å². The summed E-state index contributed by atoms with van der Waals surface area (Å²) in [6, 6.07) is 1.04. The number of rotatable bonds is 4. The Labute approximate surface area is 123 Å². The van der Waals surface area contributed by atoms with Crippen LogP contribution in [0.2, 0.25) is 0 Å². The second kappa shape index (κ2) is 6.90. The Hall–Kier alpha value is -0.610. The standard InChI is InChI=1S/C16H31N3O/c1-13(2)19-11-9-16(10-12-19,15(17)20)18-14-7-5-3-4-6-8-14/h13-14,18H,3-12H2,1-2H3,(H2,17,20). The molecule has 0 atom stereocenters. The highest BCUT2D eigenvalue weighted by Crippen LogP contribution is 2.27. The van der Waals surface area contributed by atoms with E-state index in [1.807, 2.05) is 0 Å². The number of nitrogens with one attached hydrogen (secondary N) is 1. The molecular weight excluding hydrogens is 250 g/mol. The fraction of sp³-hybridized carbons (Fsp3) is 0.938. The number of carbonyl (C=O) groups excluding carboxylic acids is 1. The average Bonchev–Trinajstić information content (AvgIpc) is 2.67. The lowest BCUT2D eigenvalue weighted by atomic mass is 9.84. The first-order valence-corrected chi connectivity index (χ1v) is 8.35. The summed E-state index contributed by atoms with van der Waals surface area (Å²) >= 11 is 0. The first-order chi connectivity index (χ1) is 9.53. The van der Waals surface area contributed by atoms with Gasteiger partial charge in [-0.15, -0.1) is 0 Å². The molecule has 2 fully saturated rings. The van der Waals surface area contributed by atoms with Gasteiger partial charge < -0.3 is 16.0 Å². The molecule has 0 aromatic carbocycles. The van der Waals surface area contributed by atoms with Gasteiger partial charge in [-0.3, -0.25) is 4.79 Å². The number of hydrogen-bond donors (Lipinski definition) is 2. The molecule has 0 aromatic rings. The van der Waals surface area contributed by atoms with Crippen molar-refractivity contribution in [3.05, 3.63) is 0 Å². The van der Waals surface area contributed by atoms with Gasteiger partial charge in [0.25, 0.3) is 0 Å². The third-order valence-corrected chi connectivity index (χ3v) is 5.19. The van der Waals surface area contributed by atoms with Crippen LogP contribution in [0.3, 0.4) is 0 Å². The molecule has 0 unspecified atom stereocenters. The normalized spacial score (nSPS) is 25.6. The van der Waals surface area contributed by atoms with Gasteiger partial charge in [0.05, 0.1) is 0 Å². The summed E-state index contributed by atoms with van der Waals surface area (Å²) in [7, 11) is 0. The van der Waals surface area contributed by atoms with E-state index in [1.165, 1.54) is 38.5 Å². The molecule has 0 radical (unpaired) electrons. The molecule has 0 bridgehead atoms. The Balaban J connectivity index is 1.98. The highest BCUT2D eigenvalue weighted by molar-refractivity contribution is 5.84. The third kappa shape index (κ3) is 3.73. The van der Waals surface area contributed by atoms with E-state index < -0.39 is 5.54 Å². The summed E-state index contributed by atoms with van der Waals surface area (Å²) in [6.07, 6.45) is 9.35. The zero-order chi connectivity index (χ0) is 14.6. The average molecular weight is 281 g/mol. The summed E-state index contributed by atoms with van der Waals surface area (Å²) in [6.45, 7) is 6.38. The predicted molar refractivity (Wildman–Crippen MR) is 82.5 cm³/mol. The van der Waals surface area contributed by atoms with Crippen molar-refractivity contribution in [2.45, 2.75) is 82.8 Å². The lowest BCUT2D eigenvalue weighted by Crippen LogP contribution is -2.63. The van der Waals surface area contributed by atoms with E-state index in [-0.39, 0.29) is 5.91 Å². The maximum Gasteiger partial charge on any atom is 0.237 e. The van der Waals surface area contributed by atoms with Crippen LogP contribution in [0.25, 0.3) is 0 Å². The van der Waals surface area contributed by atoms with Crippen LogP contribution in [0, 0.1) is 0 Å². The van der Waals surface area contributed by atoms with Crippen molar-refractivity contribution < 1.29 is 4.79 Å². The molecular formula is C16H31N3O. The van der Waals surface area contributed by atoms with Crippen LogP contribution < -0.4 is 11.1 Å². The maximum absolute atomic E-state index is 12.1. The van der Waals surface area contributed by atoms with Gasteiger partial charge in [0, 0.05) is 25.2 Å². The lowest BCUT2D eigenvalue weighted by molar-refractivity contribution is -0.127. The molecule has 1 saturated heterocycles. The number of hydrogen-bond acceptors (Lipinski definition) is 3. The predicted octanol–water partition coefficient (Wildman–Crippen LogP) is 2.03. The smallest absolute Gasteiger partial charge is 0.237 e. The highest BCUT2D eigenvalue weighted by Gasteiger charge is 2.41. The summed E-state index contributed by atoms with van der Waals surface area (Å²) in [5.41, 5.74) is 5.30. The van der Waals surface area contributed by atoms with E-state index in [2.05, 4.69) is 24.1 Å². The Morgan fingerprint density at radius 2 is 1.70 bits per heavy atom. The largest absolute Gasteiger partial charge is 0.368 e. The van der Waals surface area contributed by atoms with E-state index in [0.717, 1.165) is 25.9 Å². The van der Waals surface area contributed by atoms with Crippen molar-refractivity contribution in [2.75, 3.05) is 13.1 Å². The van der Waals surface area contributed by atoms with E-state index in [4.69, 9.17) is 5.73 Å². The van der Waals surface area contributed by atoms with E-state index >= 15 is 0 Å². The third-order valence-electron chi connectivity index (χ3n) is 5.19. The van der Waals surface area contributed by atoms with E-state index in [0.29, 0.717) is 12.1 Å². The molecule has 1 aliphatic carbocycles. The Morgan fingerprint density at radius 1 is 1.15 bits per heavy atom. The van der Waals surface area contributed by atoms with Crippen molar-refractivity contribution in [2.24, 2.45) is 5.73 Å². The number of likely N-dealkylation sites (tertiary alicyclic amines) is 1. The summed E-state index contributed by atoms with van der Waals surface area (Å²) in [4.78, 5) is 14.5. The number of primary amides is 1. The molecule has 2 rings (SSSR count). The van der Waals surface area contributed by atoms with Gasteiger partial charge in [0.2, 0.25) is 5.91 Å². The minimum atomic E-state index is -0.458. The van der Waals surface area contributed by atoms with Crippen molar-refractivity contribution in [1.82, 2.24) is 10.2 Å². The summed E-state index contributed by atoms with van der Waals surface area (Å²) in [5.74, 6) is -0.148. The molecule has 1 aliphatic heterocycles. The molecule has 2 aliphatic rings. The Kier molecular flexibility index (Phi) is 5.44. The molecule has 0 aromatic heterocycles. The number of amides is 1. The van der Waals surface area contributed by atoms with Crippen LogP contribution in [0.1, 0.15) is 65.2 Å². The second-order valence-electron chi connectivity index (χ2n) is 6.91. The molecule has 3 N–H and O–H groups in total. The number of nitrogens with zero attached hydrogens (tertiary/aromatic N) is 1. The number of piperidine rings is 1. The quantitative estimate of drug-likeness (QED) is 0.775. The van der Waals surface area contributed by atoms with Gasteiger partial charge in [0.15, 0.2) is 0 Å². The summed E-state index contributed by atoms with van der Waals surface area (Å²) < 4.78 is 0. The summed E-state index contributed by atoms with van der Waals surface area (Å²) in [5, 5.41) is 3.67. The van der Waals surface area contributed by atoms with Crippen LogP contribution in [0.15, 0.2) is 0 Å².